The zero-order valence-corrected chi connectivity index (χ0v) is 21.0. The van der Waals surface area contributed by atoms with Gasteiger partial charge in [0.25, 0.3) is 6.01 Å². The maximum atomic E-state index is 12.3. The van der Waals surface area contributed by atoms with Crippen molar-refractivity contribution in [1.29, 1.82) is 0 Å². The van der Waals surface area contributed by atoms with Crippen LogP contribution >= 0.6 is 11.6 Å². The monoisotopic (exact) mass is 521 g/mol. The molecule has 1 aliphatic heterocycles. The largest absolute Gasteiger partial charge is 0.492 e. The van der Waals surface area contributed by atoms with Gasteiger partial charge in [-0.15, -0.1) is 0 Å². The minimum atomic E-state index is -0.339. The molecule has 5 rings (SSSR count). The van der Waals surface area contributed by atoms with Gasteiger partial charge in [0.1, 0.15) is 17.9 Å². The van der Waals surface area contributed by atoms with Crippen molar-refractivity contribution in [2.24, 2.45) is 0 Å². The van der Waals surface area contributed by atoms with Crippen LogP contribution in [0.1, 0.15) is 5.56 Å². The number of urea groups is 1. The number of oxazole rings is 1. The van der Waals surface area contributed by atoms with Crippen LogP contribution in [-0.2, 0) is 11.3 Å². The predicted octanol–water partition coefficient (Wildman–Crippen LogP) is 5.45. The quantitative estimate of drug-likeness (QED) is 0.269. The number of aromatic nitrogens is 1. The van der Waals surface area contributed by atoms with Crippen LogP contribution in [0.3, 0.4) is 0 Å². The summed E-state index contributed by atoms with van der Waals surface area (Å²) in [6.07, 6.45) is 0. The maximum Gasteiger partial charge on any atom is 0.323 e. The van der Waals surface area contributed by atoms with Crippen LogP contribution < -0.4 is 20.7 Å². The fraction of sp³-hybridized carbons (Fsp3) is 0.259. The number of carbonyl (C=O) groups is 1. The summed E-state index contributed by atoms with van der Waals surface area (Å²) in [6, 6.07) is 20.2. The molecule has 9 nitrogen and oxygen atoms in total. The smallest absolute Gasteiger partial charge is 0.323 e. The highest BCUT2D eigenvalue weighted by Gasteiger charge is 2.11. The molecule has 3 aromatic carbocycles. The second-order valence-electron chi connectivity index (χ2n) is 8.59. The van der Waals surface area contributed by atoms with Crippen molar-refractivity contribution in [1.82, 2.24) is 9.88 Å². The van der Waals surface area contributed by atoms with Crippen molar-refractivity contribution in [2.75, 3.05) is 55.4 Å². The molecule has 0 unspecified atom stereocenters. The lowest BCUT2D eigenvalue weighted by molar-refractivity contribution is 0.0322. The Kier molecular flexibility index (Phi) is 8.05. The number of morpholine rings is 1. The number of amides is 2. The van der Waals surface area contributed by atoms with E-state index in [9.17, 15) is 4.79 Å². The second-order valence-corrected chi connectivity index (χ2v) is 9.03. The normalized spacial score (nSPS) is 13.9. The topological polar surface area (TPSA) is 101 Å². The fourth-order valence-corrected chi connectivity index (χ4v) is 4.08. The van der Waals surface area contributed by atoms with Crippen LogP contribution in [0, 0.1) is 0 Å². The minimum absolute atomic E-state index is 0.339. The van der Waals surface area contributed by atoms with Crippen LogP contribution in [0.4, 0.5) is 22.2 Å². The SMILES string of the molecule is O=C(Nc1ccc(Cl)cc1)Nc1cccc(CNc2nc3ccc(OCCN4CCOCC4)cc3o2)c1. The highest BCUT2D eigenvalue weighted by molar-refractivity contribution is 6.30. The number of nitrogens with zero attached hydrogens (tertiary/aromatic N) is 2. The molecule has 1 aromatic heterocycles. The summed E-state index contributed by atoms with van der Waals surface area (Å²) in [5.41, 5.74) is 3.68. The lowest BCUT2D eigenvalue weighted by Crippen LogP contribution is -2.38. The van der Waals surface area contributed by atoms with Gasteiger partial charge < -0.3 is 29.8 Å². The third-order valence-corrected chi connectivity index (χ3v) is 6.12. The van der Waals surface area contributed by atoms with Gasteiger partial charge in [0.15, 0.2) is 5.58 Å². The van der Waals surface area contributed by atoms with Crippen molar-refractivity contribution in [3.8, 4) is 5.75 Å². The minimum Gasteiger partial charge on any atom is -0.492 e. The fourth-order valence-electron chi connectivity index (χ4n) is 3.95. The first-order valence-corrected chi connectivity index (χ1v) is 12.5. The number of hydrogen-bond acceptors (Lipinski definition) is 7. The zero-order valence-electron chi connectivity index (χ0n) is 20.2. The standard InChI is InChI=1S/C27H28ClN5O4/c28-20-4-6-21(7-5-20)30-26(34)31-22-3-1-2-19(16-22)18-29-27-32-24-9-8-23(17-25(24)37-27)36-15-12-33-10-13-35-14-11-33/h1-9,16-17H,10-15,18H2,(H,29,32)(H2,30,31,34). The molecule has 10 heteroatoms. The van der Waals surface area contributed by atoms with Gasteiger partial charge in [-0.25, -0.2) is 4.79 Å². The van der Waals surface area contributed by atoms with Gasteiger partial charge in [-0.05, 0) is 54.1 Å². The van der Waals surface area contributed by atoms with Gasteiger partial charge in [-0.1, -0.05) is 23.7 Å². The van der Waals surface area contributed by atoms with Crippen LogP contribution in [-0.4, -0.2) is 55.4 Å². The van der Waals surface area contributed by atoms with Crippen LogP contribution in [0.2, 0.25) is 5.02 Å². The number of fused-ring (bicyclic) bond motifs is 1. The molecule has 37 heavy (non-hydrogen) atoms. The van der Waals surface area contributed by atoms with E-state index in [1.54, 1.807) is 24.3 Å². The second kappa shape index (κ2) is 12.0. The summed E-state index contributed by atoms with van der Waals surface area (Å²) in [4.78, 5) is 19.1. The van der Waals surface area contributed by atoms with E-state index in [1.807, 2.05) is 42.5 Å². The van der Waals surface area contributed by atoms with E-state index >= 15 is 0 Å². The van der Waals surface area contributed by atoms with E-state index in [2.05, 4.69) is 25.8 Å². The Bertz CT molecular complexity index is 1340. The lowest BCUT2D eigenvalue weighted by atomic mass is 10.2. The Labute approximate surface area is 219 Å². The van der Waals surface area contributed by atoms with E-state index in [-0.39, 0.29) is 6.03 Å². The Morgan fingerprint density at radius 2 is 1.81 bits per heavy atom. The Morgan fingerprint density at radius 3 is 2.65 bits per heavy atom. The summed E-state index contributed by atoms with van der Waals surface area (Å²) in [5.74, 6) is 0.749. The average molecular weight is 522 g/mol. The van der Waals surface area contributed by atoms with Gasteiger partial charge in [-0.3, -0.25) is 4.90 Å². The van der Waals surface area contributed by atoms with Crippen molar-refractivity contribution < 1.29 is 18.7 Å². The molecule has 1 aliphatic rings. The molecule has 0 aliphatic carbocycles. The maximum absolute atomic E-state index is 12.3. The van der Waals surface area contributed by atoms with E-state index in [0.717, 1.165) is 49.7 Å². The molecule has 0 bridgehead atoms. The molecule has 192 valence electrons. The predicted molar refractivity (Wildman–Crippen MR) is 145 cm³/mol. The average Bonchev–Trinajstić information content (AvgIpc) is 3.32. The number of hydrogen-bond donors (Lipinski definition) is 3. The first-order valence-electron chi connectivity index (χ1n) is 12.1. The Morgan fingerprint density at radius 1 is 1.00 bits per heavy atom. The summed E-state index contributed by atoms with van der Waals surface area (Å²) < 4.78 is 17.2. The molecular formula is C27H28ClN5O4. The number of benzene rings is 3. The number of rotatable bonds is 9. The van der Waals surface area contributed by atoms with Gasteiger partial charge >= 0.3 is 6.03 Å². The zero-order chi connectivity index (χ0) is 25.5. The van der Waals surface area contributed by atoms with E-state index in [4.69, 9.17) is 25.5 Å². The number of anilines is 3. The molecular weight excluding hydrogens is 494 g/mol. The third kappa shape index (κ3) is 7.13. The molecule has 2 heterocycles. The molecule has 0 atom stereocenters. The highest BCUT2D eigenvalue weighted by atomic mass is 35.5. The van der Waals surface area contributed by atoms with Gasteiger partial charge in [0.05, 0.1) is 13.2 Å². The number of nitrogens with one attached hydrogen (secondary N) is 3. The lowest BCUT2D eigenvalue weighted by Gasteiger charge is -2.26. The van der Waals surface area contributed by atoms with Crippen LogP contribution in [0.15, 0.2) is 71.1 Å². The summed E-state index contributed by atoms with van der Waals surface area (Å²) in [5, 5.41) is 9.43. The van der Waals surface area contributed by atoms with Gasteiger partial charge in [0, 0.05) is 48.6 Å². The first kappa shape index (κ1) is 24.9. The van der Waals surface area contributed by atoms with E-state index in [0.29, 0.717) is 41.1 Å². The van der Waals surface area contributed by atoms with E-state index in [1.165, 1.54) is 0 Å². The molecule has 0 spiro atoms. The highest BCUT2D eigenvalue weighted by Crippen LogP contribution is 2.24. The van der Waals surface area contributed by atoms with E-state index < -0.39 is 0 Å². The van der Waals surface area contributed by atoms with Gasteiger partial charge in [-0.2, -0.15) is 4.98 Å². The van der Waals surface area contributed by atoms with Crippen molar-refractivity contribution in [3.05, 3.63) is 77.3 Å². The number of carbonyl (C=O) groups excluding carboxylic acids is 1. The van der Waals surface area contributed by atoms with Crippen molar-refractivity contribution in [3.63, 3.8) is 0 Å². The number of halogens is 1. The molecule has 0 saturated carbocycles. The van der Waals surface area contributed by atoms with Crippen LogP contribution in [0.25, 0.3) is 11.1 Å². The van der Waals surface area contributed by atoms with Crippen LogP contribution in [0.5, 0.6) is 5.75 Å². The molecule has 1 fully saturated rings. The van der Waals surface area contributed by atoms with Gasteiger partial charge in [0.2, 0.25) is 0 Å². The summed E-state index contributed by atoms with van der Waals surface area (Å²) >= 11 is 5.89. The summed E-state index contributed by atoms with van der Waals surface area (Å²) in [7, 11) is 0. The molecule has 4 aromatic rings. The Balaban J connectivity index is 1.13. The van der Waals surface area contributed by atoms with Crippen molar-refractivity contribution >= 4 is 46.1 Å². The summed E-state index contributed by atoms with van der Waals surface area (Å²) in [6.45, 7) is 5.38. The Hall–Kier alpha value is -3.79. The number of ether oxygens (including phenoxy) is 2. The molecule has 3 N–H and O–H groups in total. The molecule has 2 amide bonds. The third-order valence-electron chi connectivity index (χ3n) is 5.87. The van der Waals surface area contributed by atoms with Crippen molar-refractivity contribution in [2.45, 2.75) is 6.54 Å². The molecule has 0 radical (unpaired) electrons. The first-order chi connectivity index (χ1) is 18.1. The molecule has 1 saturated heterocycles.